The van der Waals surface area contributed by atoms with Gasteiger partial charge in [0, 0.05) is 23.2 Å². The third-order valence-electron chi connectivity index (χ3n) is 5.56. The quantitative estimate of drug-likeness (QED) is 0.439. The first-order chi connectivity index (χ1) is 15.9. The van der Waals surface area contributed by atoms with E-state index < -0.39 is 24.3 Å². The normalized spacial score (nSPS) is 12.1. The molecule has 0 aliphatic heterocycles. The highest BCUT2D eigenvalue weighted by molar-refractivity contribution is 6.41. The molecule has 1 aliphatic rings. The molecule has 0 fully saturated rings. The van der Waals surface area contributed by atoms with Gasteiger partial charge in [0.05, 0.1) is 16.1 Å². The molecule has 0 bridgehead atoms. The summed E-state index contributed by atoms with van der Waals surface area (Å²) in [5.74, 6) is -2.08. The van der Waals surface area contributed by atoms with E-state index in [1.165, 1.54) is 12.1 Å². The molecule has 3 aromatic rings. The first-order valence-corrected chi connectivity index (χ1v) is 10.8. The predicted molar refractivity (Wildman–Crippen MR) is 123 cm³/mol. The molecule has 0 spiro atoms. The van der Waals surface area contributed by atoms with Gasteiger partial charge in [-0.25, -0.2) is 4.79 Å². The molecule has 33 heavy (non-hydrogen) atoms. The molecule has 3 aromatic carbocycles. The highest BCUT2D eigenvalue weighted by Gasteiger charge is 2.33. The van der Waals surface area contributed by atoms with Crippen LogP contribution in [-0.2, 0) is 16.0 Å². The van der Waals surface area contributed by atoms with E-state index in [4.69, 9.17) is 16.3 Å². The Bertz CT molecular complexity index is 1300. The minimum absolute atomic E-state index is 0.0301. The number of esters is 1. The van der Waals surface area contributed by atoms with E-state index in [0.29, 0.717) is 18.5 Å². The third kappa shape index (κ3) is 4.43. The molecule has 6 nitrogen and oxygen atoms in total. The minimum atomic E-state index is -0.851. The van der Waals surface area contributed by atoms with E-state index in [1.807, 2.05) is 31.2 Å². The van der Waals surface area contributed by atoms with Gasteiger partial charge in [-0.15, -0.1) is 0 Å². The Kier molecular flexibility index (Phi) is 6.38. The van der Waals surface area contributed by atoms with Crippen molar-refractivity contribution < 1.29 is 23.9 Å². The molecule has 166 valence electrons. The Morgan fingerprint density at radius 3 is 2.27 bits per heavy atom. The number of amides is 1. The van der Waals surface area contributed by atoms with Crippen LogP contribution in [0.5, 0.6) is 0 Å². The second-order valence-corrected chi connectivity index (χ2v) is 8.03. The van der Waals surface area contributed by atoms with Gasteiger partial charge in [0.1, 0.15) is 0 Å². The van der Waals surface area contributed by atoms with Crippen molar-refractivity contribution >= 4 is 35.0 Å². The molecule has 1 aliphatic carbocycles. The lowest BCUT2D eigenvalue weighted by molar-refractivity contribution is -0.124. The fourth-order valence-corrected chi connectivity index (χ4v) is 4.12. The SMILES string of the molecule is Cc1ccccc1CCNC(=O)COC(=O)c1ccc2c(c1Cl)C(=O)c1ccccc1C2=O. The molecule has 7 heteroatoms. The van der Waals surface area contributed by atoms with Crippen LogP contribution in [0, 0.1) is 6.92 Å². The van der Waals surface area contributed by atoms with Gasteiger partial charge in [-0.3, -0.25) is 14.4 Å². The van der Waals surface area contributed by atoms with E-state index in [2.05, 4.69) is 5.32 Å². The monoisotopic (exact) mass is 461 g/mol. The van der Waals surface area contributed by atoms with Crippen molar-refractivity contribution in [3.05, 3.63) is 105 Å². The first kappa shape index (κ1) is 22.4. The first-order valence-electron chi connectivity index (χ1n) is 10.4. The second-order valence-electron chi connectivity index (χ2n) is 7.66. The summed E-state index contributed by atoms with van der Waals surface area (Å²) in [6, 6.07) is 17.0. The molecule has 0 unspecified atom stereocenters. The minimum Gasteiger partial charge on any atom is -0.452 e. The number of fused-ring (bicyclic) bond motifs is 2. The van der Waals surface area contributed by atoms with Crippen LogP contribution in [0.15, 0.2) is 60.7 Å². The lowest BCUT2D eigenvalue weighted by atomic mass is 9.83. The highest BCUT2D eigenvalue weighted by Crippen LogP contribution is 2.34. The Hall–Kier alpha value is -3.77. The van der Waals surface area contributed by atoms with Crippen LogP contribution in [0.1, 0.15) is 53.3 Å². The van der Waals surface area contributed by atoms with Crippen molar-refractivity contribution in [2.24, 2.45) is 0 Å². The van der Waals surface area contributed by atoms with Crippen molar-refractivity contribution in [2.45, 2.75) is 13.3 Å². The lowest BCUT2D eigenvalue weighted by Crippen LogP contribution is -2.30. The zero-order chi connectivity index (χ0) is 23.5. The number of ketones is 2. The van der Waals surface area contributed by atoms with Crippen LogP contribution in [-0.4, -0.2) is 36.6 Å². The van der Waals surface area contributed by atoms with Crippen molar-refractivity contribution in [3.8, 4) is 0 Å². The van der Waals surface area contributed by atoms with Gasteiger partial charge in [0.25, 0.3) is 5.91 Å². The van der Waals surface area contributed by atoms with Gasteiger partial charge < -0.3 is 10.1 Å². The Balaban J connectivity index is 1.41. The van der Waals surface area contributed by atoms with E-state index in [0.717, 1.165) is 11.1 Å². The van der Waals surface area contributed by atoms with Gasteiger partial charge in [-0.05, 0) is 36.6 Å². The van der Waals surface area contributed by atoms with Crippen LogP contribution < -0.4 is 5.32 Å². The molecule has 0 saturated heterocycles. The number of benzene rings is 3. The van der Waals surface area contributed by atoms with Crippen molar-refractivity contribution in [2.75, 3.05) is 13.2 Å². The Morgan fingerprint density at radius 1 is 0.879 bits per heavy atom. The summed E-state index contributed by atoms with van der Waals surface area (Å²) in [6.45, 7) is 1.91. The lowest BCUT2D eigenvalue weighted by Gasteiger charge is -2.19. The molecule has 4 rings (SSSR count). The van der Waals surface area contributed by atoms with Gasteiger partial charge in [0.15, 0.2) is 18.2 Å². The standard InChI is InChI=1S/C26H20ClNO5/c1-15-6-2-3-7-16(15)12-13-28-21(29)14-33-26(32)20-11-10-19-22(23(20)27)25(31)18-9-5-4-8-17(18)24(19)30/h2-11H,12-14H2,1H3,(H,28,29). The molecule has 0 saturated carbocycles. The zero-order valence-electron chi connectivity index (χ0n) is 17.8. The number of nitrogens with one attached hydrogen (secondary N) is 1. The number of hydrogen-bond acceptors (Lipinski definition) is 5. The maximum Gasteiger partial charge on any atom is 0.340 e. The number of rotatable bonds is 6. The summed E-state index contributed by atoms with van der Waals surface area (Å²) < 4.78 is 5.09. The molecule has 0 heterocycles. The predicted octanol–water partition coefficient (Wildman–Crippen LogP) is 3.94. The molecular formula is C26H20ClNO5. The van der Waals surface area contributed by atoms with E-state index >= 15 is 0 Å². The summed E-state index contributed by atoms with van der Waals surface area (Å²) >= 11 is 6.36. The number of hydrogen-bond donors (Lipinski definition) is 1. The highest BCUT2D eigenvalue weighted by atomic mass is 35.5. The summed E-state index contributed by atoms with van der Waals surface area (Å²) in [4.78, 5) is 50.3. The average Bonchev–Trinajstić information content (AvgIpc) is 2.82. The molecule has 0 atom stereocenters. The largest absolute Gasteiger partial charge is 0.452 e. The summed E-state index contributed by atoms with van der Waals surface area (Å²) in [7, 11) is 0. The fourth-order valence-electron chi connectivity index (χ4n) is 3.79. The van der Waals surface area contributed by atoms with Crippen LogP contribution in [0.3, 0.4) is 0 Å². The Labute approximate surface area is 195 Å². The van der Waals surface area contributed by atoms with Gasteiger partial charge in [-0.1, -0.05) is 60.1 Å². The van der Waals surface area contributed by atoms with Gasteiger partial charge >= 0.3 is 5.97 Å². The van der Waals surface area contributed by atoms with Crippen molar-refractivity contribution in [1.29, 1.82) is 0 Å². The molecule has 0 aromatic heterocycles. The Morgan fingerprint density at radius 2 is 1.55 bits per heavy atom. The van der Waals surface area contributed by atoms with Crippen LogP contribution in [0.2, 0.25) is 5.02 Å². The van der Waals surface area contributed by atoms with E-state index in [9.17, 15) is 19.2 Å². The van der Waals surface area contributed by atoms with Crippen molar-refractivity contribution in [3.63, 3.8) is 0 Å². The molecule has 0 radical (unpaired) electrons. The van der Waals surface area contributed by atoms with Crippen LogP contribution in [0.4, 0.5) is 0 Å². The third-order valence-corrected chi connectivity index (χ3v) is 5.95. The second kappa shape index (κ2) is 9.38. The summed E-state index contributed by atoms with van der Waals surface area (Å²) in [6.07, 6.45) is 0.653. The summed E-state index contributed by atoms with van der Waals surface area (Å²) in [5.41, 5.74) is 2.81. The maximum absolute atomic E-state index is 12.9. The number of ether oxygens (including phenoxy) is 1. The van der Waals surface area contributed by atoms with E-state index in [-0.39, 0.29) is 33.1 Å². The number of carbonyl (C=O) groups is 4. The number of carbonyl (C=O) groups excluding carboxylic acids is 4. The van der Waals surface area contributed by atoms with E-state index in [1.54, 1.807) is 24.3 Å². The molecule has 1 N–H and O–H groups in total. The maximum atomic E-state index is 12.9. The molecular weight excluding hydrogens is 442 g/mol. The smallest absolute Gasteiger partial charge is 0.340 e. The average molecular weight is 462 g/mol. The van der Waals surface area contributed by atoms with Gasteiger partial charge in [-0.2, -0.15) is 0 Å². The van der Waals surface area contributed by atoms with Gasteiger partial charge in [0.2, 0.25) is 0 Å². The van der Waals surface area contributed by atoms with Crippen molar-refractivity contribution in [1.82, 2.24) is 5.32 Å². The summed E-state index contributed by atoms with van der Waals surface area (Å²) in [5, 5.41) is 2.54. The zero-order valence-corrected chi connectivity index (χ0v) is 18.6. The number of aryl methyl sites for hydroxylation is 1. The fraction of sp³-hybridized carbons (Fsp3) is 0.154. The van der Waals surface area contributed by atoms with Crippen LogP contribution >= 0.6 is 11.6 Å². The topological polar surface area (TPSA) is 89.5 Å². The van der Waals surface area contributed by atoms with Crippen LogP contribution in [0.25, 0.3) is 0 Å². The number of halogens is 1. The molecule has 1 amide bonds.